The number of amides is 1. The van der Waals surface area contributed by atoms with E-state index in [1.165, 1.54) is 24.3 Å². The summed E-state index contributed by atoms with van der Waals surface area (Å²) in [5, 5.41) is 2.70. The van der Waals surface area contributed by atoms with Crippen molar-refractivity contribution in [2.24, 2.45) is 0 Å². The molecule has 130 valence electrons. The van der Waals surface area contributed by atoms with Gasteiger partial charge in [0.1, 0.15) is 0 Å². The predicted molar refractivity (Wildman–Crippen MR) is 93.6 cm³/mol. The maximum atomic E-state index is 12.3. The fourth-order valence-corrected chi connectivity index (χ4v) is 4.10. The van der Waals surface area contributed by atoms with Crippen molar-refractivity contribution in [3.05, 3.63) is 58.0 Å². The summed E-state index contributed by atoms with van der Waals surface area (Å²) < 4.78 is 29.4. The first kappa shape index (κ1) is 17.2. The van der Waals surface area contributed by atoms with Crippen LogP contribution in [0.15, 0.2) is 56.6 Å². The lowest BCUT2D eigenvalue weighted by Gasteiger charge is -2.07. The molecule has 0 saturated carbocycles. The summed E-state index contributed by atoms with van der Waals surface area (Å²) in [6.07, 6.45) is -0.229. The Morgan fingerprint density at radius 3 is 2.72 bits per heavy atom. The van der Waals surface area contributed by atoms with Gasteiger partial charge in [-0.2, -0.15) is 0 Å². The number of rotatable bonds is 5. The molecule has 1 aromatic heterocycles. The van der Waals surface area contributed by atoms with Crippen molar-refractivity contribution in [2.45, 2.75) is 11.3 Å². The normalized spacial score (nSPS) is 11.6. The van der Waals surface area contributed by atoms with E-state index in [9.17, 15) is 18.0 Å². The monoisotopic (exact) mass is 380 g/mol. The summed E-state index contributed by atoms with van der Waals surface area (Å²) in [6, 6.07) is 10.7. The number of fused-ring (bicyclic) bond motifs is 1. The highest BCUT2D eigenvalue weighted by Crippen LogP contribution is 2.22. The van der Waals surface area contributed by atoms with E-state index in [0.717, 1.165) is 0 Å². The molecule has 2 aromatic carbocycles. The van der Waals surface area contributed by atoms with Gasteiger partial charge in [-0.25, -0.2) is 13.2 Å². The molecule has 0 bridgehead atoms. The van der Waals surface area contributed by atoms with E-state index < -0.39 is 21.5 Å². The van der Waals surface area contributed by atoms with E-state index >= 15 is 0 Å². The first-order valence-corrected chi connectivity index (χ1v) is 9.28. The van der Waals surface area contributed by atoms with Crippen LogP contribution in [0.25, 0.3) is 11.1 Å². The van der Waals surface area contributed by atoms with Crippen molar-refractivity contribution < 1.29 is 17.6 Å². The van der Waals surface area contributed by atoms with Gasteiger partial charge in [-0.3, -0.25) is 9.78 Å². The Balaban J connectivity index is 1.67. The number of hydrogen-bond donors (Lipinski definition) is 2. The molecule has 25 heavy (non-hydrogen) atoms. The number of aromatic amines is 1. The molecule has 0 unspecified atom stereocenters. The second kappa shape index (κ2) is 6.73. The molecule has 1 heterocycles. The summed E-state index contributed by atoms with van der Waals surface area (Å²) in [5.74, 6) is -1.43. The molecule has 3 rings (SSSR count). The van der Waals surface area contributed by atoms with Gasteiger partial charge in [0.2, 0.25) is 5.91 Å². The number of sulfone groups is 1. The van der Waals surface area contributed by atoms with Crippen LogP contribution in [0.4, 0.5) is 5.69 Å². The van der Waals surface area contributed by atoms with Crippen LogP contribution >= 0.6 is 11.6 Å². The van der Waals surface area contributed by atoms with Gasteiger partial charge in [-0.05, 0) is 30.3 Å². The van der Waals surface area contributed by atoms with Crippen molar-refractivity contribution in [2.75, 3.05) is 11.1 Å². The van der Waals surface area contributed by atoms with Crippen LogP contribution in [-0.4, -0.2) is 25.1 Å². The van der Waals surface area contributed by atoms with Crippen LogP contribution in [0, 0.1) is 0 Å². The lowest BCUT2D eigenvalue weighted by molar-refractivity contribution is -0.115. The topological polar surface area (TPSA) is 109 Å². The van der Waals surface area contributed by atoms with Gasteiger partial charge in [-0.15, -0.1) is 0 Å². The standard InChI is InChI=1S/C16H13ClN2O5S/c17-11-3-1-2-4-14(11)25(22,23)8-7-15(20)18-10-5-6-13-12(9-10)19-16(21)24-13/h1-6,9H,7-8H2,(H,18,20)(H,19,21). The van der Waals surface area contributed by atoms with Crippen LogP contribution in [0.2, 0.25) is 5.02 Å². The quantitative estimate of drug-likeness (QED) is 0.707. The first-order valence-electron chi connectivity index (χ1n) is 7.25. The minimum Gasteiger partial charge on any atom is -0.408 e. The Morgan fingerprint density at radius 1 is 1.20 bits per heavy atom. The number of nitrogens with one attached hydrogen (secondary N) is 2. The average molecular weight is 381 g/mol. The van der Waals surface area contributed by atoms with E-state index in [0.29, 0.717) is 16.8 Å². The molecule has 0 aliphatic heterocycles. The minimum absolute atomic E-state index is 0.00172. The second-order valence-corrected chi connectivity index (χ2v) is 7.76. The highest BCUT2D eigenvalue weighted by Gasteiger charge is 2.19. The molecular formula is C16H13ClN2O5S. The van der Waals surface area contributed by atoms with E-state index in [2.05, 4.69) is 10.3 Å². The predicted octanol–water partition coefficient (Wildman–Crippen LogP) is 2.58. The second-order valence-electron chi connectivity index (χ2n) is 5.27. The van der Waals surface area contributed by atoms with Crippen molar-refractivity contribution in [1.82, 2.24) is 4.98 Å². The zero-order chi connectivity index (χ0) is 18.0. The smallest absolute Gasteiger partial charge is 0.408 e. The largest absolute Gasteiger partial charge is 0.417 e. The van der Waals surface area contributed by atoms with Gasteiger partial charge >= 0.3 is 5.76 Å². The van der Waals surface area contributed by atoms with E-state index in [4.69, 9.17) is 16.0 Å². The maximum absolute atomic E-state index is 12.3. The molecule has 1 amide bonds. The third kappa shape index (κ3) is 3.92. The molecule has 0 spiro atoms. The number of carbonyl (C=O) groups excluding carboxylic acids is 1. The Kier molecular flexibility index (Phi) is 4.65. The molecule has 2 N–H and O–H groups in total. The van der Waals surface area contributed by atoms with E-state index in [-0.39, 0.29) is 22.1 Å². The summed E-state index contributed by atoms with van der Waals surface area (Å²) in [6.45, 7) is 0. The van der Waals surface area contributed by atoms with Crippen molar-refractivity contribution in [1.29, 1.82) is 0 Å². The Labute approximate surface area is 147 Å². The first-order chi connectivity index (χ1) is 11.8. The summed E-state index contributed by atoms with van der Waals surface area (Å²) in [5.41, 5.74) is 1.22. The Bertz CT molecular complexity index is 1100. The van der Waals surface area contributed by atoms with E-state index in [1.807, 2.05) is 0 Å². The van der Waals surface area contributed by atoms with Crippen LogP contribution < -0.4 is 11.1 Å². The van der Waals surface area contributed by atoms with Crippen molar-refractivity contribution in [3.63, 3.8) is 0 Å². The third-order valence-electron chi connectivity index (χ3n) is 3.47. The zero-order valence-electron chi connectivity index (χ0n) is 12.8. The van der Waals surface area contributed by atoms with Crippen LogP contribution in [-0.2, 0) is 14.6 Å². The Hall–Kier alpha value is -2.58. The summed E-state index contributed by atoms with van der Waals surface area (Å²) in [4.78, 5) is 25.6. The third-order valence-corrected chi connectivity index (χ3v) is 5.68. The maximum Gasteiger partial charge on any atom is 0.417 e. The van der Waals surface area contributed by atoms with Gasteiger partial charge in [0, 0.05) is 12.1 Å². The number of halogens is 1. The number of H-pyrrole nitrogens is 1. The molecule has 0 fully saturated rings. The van der Waals surface area contributed by atoms with Gasteiger partial charge in [0.05, 0.1) is 21.2 Å². The molecule has 9 heteroatoms. The highest BCUT2D eigenvalue weighted by molar-refractivity contribution is 7.91. The SMILES string of the molecule is O=C(CCS(=O)(=O)c1ccccc1Cl)Nc1ccc2oc(=O)[nH]c2c1. The van der Waals surface area contributed by atoms with Crippen molar-refractivity contribution in [3.8, 4) is 0 Å². The van der Waals surface area contributed by atoms with Gasteiger partial charge in [0.15, 0.2) is 15.4 Å². The molecule has 7 nitrogen and oxygen atoms in total. The average Bonchev–Trinajstić information content (AvgIpc) is 2.92. The van der Waals surface area contributed by atoms with Gasteiger partial charge < -0.3 is 9.73 Å². The highest BCUT2D eigenvalue weighted by atomic mass is 35.5. The summed E-state index contributed by atoms with van der Waals surface area (Å²) >= 11 is 5.89. The number of hydrogen-bond acceptors (Lipinski definition) is 5. The van der Waals surface area contributed by atoms with Crippen LogP contribution in [0.5, 0.6) is 0 Å². The molecule has 0 aliphatic carbocycles. The minimum atomic E-state index is -3.66. The molecule has 0 aliphatic rings. The fraction of sp³-hybridized carbons (Fsp3) is 0.125. The molecule has 0 saturated heterocycles. The van der Waals surface area contributed by atoms with Crippen molar-refractivity contribution >= 4 is 44.1 Å². The molecule has 0 atom stereocenters. The number of aromatic nitrogens is 1. The van der Waals surface area contributed by atoms with Gasteiger partial charge in [-0.1, -0.05) is 23.7 Å². The van der Waals surface area contributed by atoms with Gasteiger partial charge in [0.25, 0.3) is 0 Å². The molecule has 3 aromatic rings. The number of anilines is 1. The number of oxazole rings is 1. The molecule has 0 radical (unpaired) electrons. The zero-order valence-corrected chi connectivity index (χ0v) is 14.4. The van der Waals surface area contributed by atoms with E-state index in [1.54, 1.807) is 18.2 Å². The van der Waals surface area contributed by atoms with Crippen LogP contribution in [0.3, 0.4) is 0 Å². The Morgan fingerprint density at radius 2 is 1.96 bits per heavy atom. The molecular weight excluding hydrogens is 368 g/mol. The fourth-order valence-electron chi connectivity index (χ4n) is 2.29. The lowest BCUT2D eigenvalue weighted by Crippen LogP contribution is -2.17. The summed E-state index contributed by atoms with van der Waals surface area (Å²) in [7, 11) is -3.66. The lowest BCUT2D eigenvalue weighted by atomic mass is 10.3. The number of benzene rings is 2. The number of carbonyl (C=O) groups is 1. The van der Waals surface area contributed by atoms with Crippen LogP contribution in [0.1, 0.15) is 6.42 Å².